The van der Waals surface area contributed by atoms with E-state index in [1.807, 2.05) is 0 Å². The number of carbonyl (C=O) groups is 1. The van der Waals surface area contributed by atoms with Gasteiger partial charge in [-0.25, -0.2) is 0 Å². The van der Waals surface area contributed by atoms with Crippen LogP contribution in [0.3, 0.4) is 0 Å². The van der Waals surface area contributed by atoms with Crippen molar-refractivity contribution in [3.8, 4) is 0 Å². The molecule has 0 radical (unpaired) electrons. The first-order valence-electron chi connectivity index (χ1n) is 7.66. The zero-order chi connectivity index (χ0) is 13.9. The lowest BCUT2D eigenvalue weighted by Gasteiger charge is -2.34. The Labute approximate surface area is 121 Å². The SMILES string of the molecule is CCC1(C)SC(CCC2(C)CCCCC2)=C=CC1=O. The zero-order valence-corrected chi connectivity index (χ0v) is 13.4. The van der Waals surface area contributed by atoms with Crippen molar-refractivity contribution in [3.05, 3.63) is 16.7 Å². The van der Waals surface area contributed by atoms with Crippen LogP contribution in [0.4, 0.5) is 0 Å². The summed E-state index contributed by atoms with van der Waals surface area (Å²) in [6.07, 6.45) is 11.9. The summed E-state index contributed by atoms with van der Waals surface area (Å²) in [6, 6.07) is 0. The van der Waals surface area contributed by atoms with E-state index in [4.69, 9.17) is 0 Å². The Morgan fingerprint density at radius 3 is 2.58 bits per heavy atom. The van der Waals surface area contributed by atoms with Crippen molar-refractivity contribution >= 4 is 17.5 Å². The molecule has 0 N–H and O–H groups in total. The highest BCUT2D eigenvalue weighted by atomic mass is 32.2. The molecule has 0 aromatic rings. The van der Waals surface area contributed by atoms with Crippen molar-refractivity contribution in [2.75, 3.05) is 0 Å². The van der Waals surface area contributed by atoms with Gasteiger partial charge in [-0.2, -0.15) is 0 Å². The van der Waals surface area contributed by atoms with Gasteiger partial charge in [0, 0.05) is 11.0 Å². The number of rotatable bonds is 4. The molecule has 106 valence electrons. The Kier molecular flexibility index (Phi) is 4.63. The maximum atomic E-state index is 11.9. The molecule has 1 saturated carbocycles. The minimum absolute atomic E-state index is 0.229. The monoisotopic (exact) mass is 278 g/mol. The van der Waals surface area contributed by atoms with Gasteiger partial charge in [0.1, 0.15) is 0 Å². The smallest absolute Gasteiger partial charge is 0.179 e. The lowest BCUT2D eigenvalue weighted by atomic mass is 9.73. The fourth-order valence-electron chi connectivity index (χ4n) is 3.09. The second kappa shape index (κ2) is 5.89. The molecule has 2 rings (SSSR count). The molecule has 1 unspecified atom stereocenters. The number of carbonyl (C=O) groups excluding carboxylic acids is 1. The number of thioether (sulfide) groups is 1. The van der Waals surface area contributed by atoms with E-state index in [1.54, 1.807) is 17.8 Å². The van der Waals surface area contributed by atoms with Gasteiger partial charge in [-0.3, -0.25) is 4.79 Å². The Bertz CT molecular complexity index is 411. The molecule has 1 fully saturated rings. The highest BCUT2D eigenvalue weighted by Crippen LogP contribution is 2.44. The summed E-state index contributed by atoms with van der Waals surface area (Å²) >= 11 is 1.75. The molecule has 1 heterocycles. The zero-order valence-electron chi connectivity index (χ0n) is 12.6. The van der Waals surface area contributed by atoms with E-state index in [-0.39, 0.29) is 10.5 Å². The third kappa shape index (κ3) is 3.55. The molecule has 1 atom stereocenters. The van der Waals surface area contributed by atoms with E-state index in [1.165, 1.54) is 43.4 Å². The molecule has 2 heteroatoms. The molecule has 2 aliphatic rings. The fraction of sp³-hybridized carbons (Fsp3) is 0.765. The number of hydrogen-bond acceptors (Lipinski definition) is 2. The van der Waals surface area contributed by atoms with E-state index in [2.05, 4.69) is 26.5 Å². The number of allylic oxidation sites excluding steroid dienone is 1. The summed E-state index contributed by atoms with van der Waals surface area (Å²) in [5.74, 6) is 0.229. The first kappa shape index (κ1) is 14.9. The highest BCUT2D eigenvalue weighted by Gasteiger charge is 2.34. The Hall–Kier alpha value is -0.460. The van der Waals surface area contributed by atoms with Gasteiger partial charge in [-0.15, -0.1) is 17.5 Å². The van der Waals surface area contributed by atoms with Crippen LogP contribution in [0.5, 0.6) is 0 Å². The molecule has 0 saturated heterocycles. The summed E-state index contributed by atoms with van der Waals surface area (Å²) < 4.78 is -0.242. The van der Waals surface area contributed by atoms with Gasteiger partial charge in [0.2, 0.25) is 0 Å². The first-order chi connectivity index (χ1) is 8.97. The minimum atomic E-state index is -0.242. The van der Waals surface area contributed by atoms with Crippen LogP contribution >= 0.6 is 11.8 Å². The normalized spacial score (nSPS) is 30.3. The van der Waals surface area contributed by atoms with Crippen LogP contribution in [-0.4, -0.2) is 10.5 Å². The van der Waals surface area contributed by atoms with Gasteiger partial charge >= 0.3 is 0 Å². The molecule has 1 nitrogen and oxygen atoms in total. The topological polar surface area (TPSA) is 17.1 Å². The largest absolute Gasteiger partial charge is 0.293 e. The van der Waals surface area contributed by atoms with E-state index in [0.29, 0.717) is 5.41 Å². The van der Waals surface area contributed by atoms with Crippen LogP contribution in [0.15, 0.2) is 16.7 Å². The maximum absolute atomic E-state index is 11.9. The summed E-state index contributed by atoms with van der Waals surface area (Å²) in [7, 11) is 0. The van der Waals surface area contributed by atoms with E-state index >= 15 is 0 Å². The Morgan fingerprint density at radius 2 is 1.95 bits per heavy atom. The van der Waals surface area contributed by atoms with Gasteiger partial charge in [-0.05, 0) is 44.4 Å². The Balaban J connectivity index is 1.96. The van der Waals surface area contributed by atoms with Gasteiger partial charge in [0.05, 0.1) is 4.75 Å². The van der Waals surface area contributed by atoms with Crippen LogP contribution in [0.1, 0.15) is 72.1 Å². The summed E-state index contributed by atoms with van der Waals surface area (Å²) in [6.45, 7) is 6.61. The lowest BCUT2D eigenvalue weighted by molar-refractivity contribution is -0.116. The molecule has 0 aromatic carbocycles. The standard InChI is InChI=1S/C17H26OS/c1-4-17(3)15(18)9-8-14(19-17)10-13-16(2)11-6-5-7-12-16/h9H,4-7,10-13H2,1-3H3. The third-order valence-corrected chi connectivity index (χ3v) is 6.43. The molecular weight excluding hydrogens is 252 g/mol. The average molecular weight is 278 g/mol. The molecular formula is C17H26OS. The summed E-state index contributed by atoms with van der Waals surface area (Å²) in [5, 5.41) is 0. The number of ketones is 1. The second-order valence-electron chi connectivity index (χ2n) is 6.63. The van der Waals surface area contributed by atoms with Crippen molar-refractivity contribution in [2.24, 2.45) is 5.41 Å². The third-order valence-electron chi connectivity index (χ3n) is 4.92. The molecule has 19 heavy (non-hydrogen) atoms. The molecule has 0 bridgehead atoms. The van der Waals surface area contributed by atoms with Crippen LogP contribution < -0.4 is 0 Å². The van der Waals surface area contributed by atoms with E-state index < -0.39 is 0 Å². The van der Waals surface area contributed by atoms with Crippen LogP contribution in [-0.2, 0) is 4.79 Å². The highest BCUT2D eigenvalue weighted by molar-refractivity contribution is 8.05. The maximum Gasteiger partial charge on any atom is 0.179 e. The second-order valence-corrected chi connectivity index (χ2v) is 8.23. The first-order valence-corrected chi connectivity index (χ1v) is 8.48. The van der Waals surface area contributed by atoms with Gasteiger partial charge in [0.15, 0.2) is 5.78 Å². The van der Waals surface area contributed by atoms with Crippen molar-refractivity contribution < 1.29 is 4.79 Å². The number of hydrogen-bond donors (Lipinski definition) is 0. The molecule has 1 aliphatic carbocycles. The van der Waals surface area contributed by atoms with E-state index in [0.717, 1.165) is 12.8 Å². The summed E-state index contributed by atoms with van der Waals surface area (Å²) in [4.78, 5) is 13.2. The van der Waals surface area contributed by atoms with Crippen molar-refractivity contribution in [3.63, 3.8) is 0 Å². The minimum Gasteiger partial charge on any atom is -0.293 e. The van der Waals surface area contributed by atoms with E-state index in [9.17, 15) is 4.79 Å². The summed E-state index contributed by atoms with van der Waals surface area (Å²) in [5.41, 5.74) is 3.75. The van der Waals surface area contributed by atoms with Gasteiger partial charge < -0.3 is 0 Å². The lowest BCUT2D eigenvalue weighted by Crippen LogP contribution is -2.31. The van der Waals surface area contributed by atoms with Crippen molar-refractivity contribution in [2.45, 2.75) is 76.9 Å². The van der Waals surface area contributed by atoms with Gasteiger partial charge in [-0.1, -0.05) is 33.1 Å². The fourth-order valence-corrected chi connectivity index (χ4v) is 4.26. The molecule has 1 aliphatic heterocycles. The van der Waals surface area contributed by atoms with Gasteiger partial charge in [0.25, 0.3) is 0 Å². The predicted molar refractivity (Wildman–Crippen MR) is 83.3 cm³/mol. The van der Waals surface area contributed by atoms with Crippen LogP contribution in [0.2, 0.25) is 0 Å². The average Bonchev–Trinajstić information content (AvgIpc) is 2.41. The molecule has 0 aromatic heterocycles. The predicted octanol–water partition coefficient (Wildman–Crippen LogP) is 5.26. The van der Waals surface area contributed by atoms with Crippen LogP contribution in [0, 0.1) is 5.41 Å². The van der Waals surface area contributed by atoms with Crippen molar-refractivity contribution in [1.29, 1.82) is 0 Å². The molecule has 0 spiro atoms. The Morgan fingerprint density at radius 1 is 1.26 bits per heavy atom. The molecule has 0 amide bonds. The van der Waals surface area contributed by atoms with Crippen molar-refractivity contribution in [1.82, 2.24) is 0 Å². The van der Waals surface area contributed by atoms with Crippen LogP contribution in [0.25, 0.3) is 0 Å². The quantitative estimate of drug-likeness (QED) is 0.652.